The van der Waals surface area contributed by atoms with Crippen LogP contribution >= 0.6 is 34.7 Å². The number of amides is 1. The highest BCUT2D eigenvalue weighted by atomic mass is 35.5. The van der Waals surface area contributed by atoms with Crippen molar-refractivity contribution in [2.75, 3.05) is 5.32 Å². The van der Waals surface area contributed by atoms with Gasteiger partial charge in [-0.15, -0.1) is 23.1 Å². The molecule has 4 rings (SSSR count). The van der Waals surface area contributed by atoms with Crippen LogP contribution in [0.4, 0.5) is 5.13 Å². The summed E-state index contributed by atoms with van der Waals surface area (Å²) in [7, 11) is 0. The number of carbonyl (C=O) groups is 1. The van der Waals surface area contributed by atoms with E-state index in [0.717, 1.165) is 33.2 Å². The molecular weight excluding hydrogens is 452 g/mol. The second-order valence-electron chi connectivity index (χ2n) is 6.83. The maximum atomic E-state index is 13.0. The minimum Gasteiger partial charge on any atom is -0.361 e. The number of nitrogens with one attached hydrogen (secondary N) is 1. The Morgan fingerprint density at radius 1 is 1.19 bits per heavy atom. The fraction of sp³-hybridized carbons (Fsp3) is 0.182. The molecule has 0 aliphatic heterocycles. The van der Waals surface area contributed by atoms with Gasteiger partial charge in [0.25, 0.3) is 5.91 Å². The summed E-state index contributed by atoms with van der Waals surface area (Å²) in [6.07, 6.45) is 1.68. The van der Waals surface area contributed by atoms with Gasteiger partial charge in [-0.3, -0.25) is 10.1 Å². The molecule has 0 atom stereocenters. The average Bonchev–Trinajstić information content (AvgIpc) is 3.28. The van der Waals surface area contributed by atoms with E-state index in [2.05, 4.69) is 20.4 Å². The lowest BCUT2D eigenvalue weighted by Gasteiger charge is -2.07. The zero-order valence-electron chi connectivity index (χ0n) is 17.1. The molecule has 9 heteroatoms. The molecule has 0 saturated carbocycles. The number of nitrogens with zero attached hydrogens (tertiary/aromatic N) is 3. The molecule has 6 nitrogen and oxygen atoms in total. The molecule has 0 fully saturated rings. The molecule has 3 aromatic heterocycles. The summed E-state index contributed by atoms with van der Waals surface area (Å²) in [6, 6.07) is 11.0. The molecule has 31 heavy (non-hydrogen) atoms. The fourth-order valence-electron chi connectivity index (χ4n) is 3.02. The van der Waals surface area contributed by atoms with Crippen molar-refractivity contribution in [1.29, 1.82) is 0 Å². The number of anilines is 1. The van der Waals surface area contributed by atoms with Crippen molar-refractivity contribution in [3.63, 3.8) is 0 Å². The standard InChI is InChI=1S/C22H19ClN4O2S2/c1-12-18(13(2)29-27-12)11-30-21-17(5-4-10-24-21)20(28)26-22-25-19(14(3)31-22)15-6-8-16(23)9-7-15/h4-10H,11H2,1-3H3,(H,25,26,28). The number of pyridine rings is 1. The molecular formula is C22H19ClN4O2S2. The summed E-state index contributed by atoms with van der Waals surface area (Å²) in [6.45, 7) is 5.76. The van der Waals surface area contributed by atoms with Gasteiger partial charge in [-0.1, -0.05) is 28.9 Å². The first-order valence-corrected chi connectivity index (χ1v) is 11.6. The van der Waals surface area contributed by atoms with E-state index in [1.54, 1.807) is 18.3 Å². The monoisotopic (exact) mass is 470 g/mol. The van der Waals surface area contributed by atoms with Gasteiger partial charge in [0.2, 0.25) is 0 Å². The molecule has 4 aromatic rings. The van der Waals surface area contributed by atoms with Gasteiger partial charge >= 0.3 is 0 Å². The van der Waals surface area contributed by atoms with Crippen LogP contribution in [0.2, 0.25) is 5.02 Å². The highest BCUT2D eigenvalue weighted by molar-refractivity contribution is 7.98. The molecule has 0 unspecified atom stereocenters. The predicted molar refractivity (Wildman–Crippen MR) is 125 cm³/mol. The molecule has 158 valence electrons. The van der Waals surface area contributed by atoms with Crippen LogP contribution in [0.1, 0.15) is 32.3 Å². The highest BCUT2D eigenvalue weighted by Gasteiger charge is 2.18. The Morgan fingerprint density at radius 2 is 1.97 bits per heavy atom. The van der Waals surface area contributed by atoms with Crippen molar-refractivity contribution >= 4 is 45.7 Å². The van der Waals surface area contributed by atoms with Gasteiger partial charge in [0.15, 0.2) is 5.13 Å². The number of carbonyl (C=O) groups excluding carboxylic acids is 1. The number of thiazole rings is 1. The number of hydrogen-bond acceptors (Lipinski definition) is 7. The number of hydrogen-bond donors (Lipinski definition) is 1. The van der Waals surface area contributed by atoms with Gasteiger partial charge in [-0.2, -0.15) is 0 Å². The Labute approximate surface area is 193 Å². The van der Waals surface area contributed by atoms with Gasteiger partial charge < -0.3 is 4.52 Å². The maximum Gasteiger partial charge on any atom is 0.260 e. The molecule has 1 aromatic carbocycles. The first kappa shape index (κ1) is 21.5. The molecule has 1 N–H and O–H groups in total. The Balaban J connectivity index is 1.52. The third-order valence-corrected chi connectivity index (χ3v) is 6.85. The number of halogens is 1. The Kier molecular flexibility index (Phi) is 6.41. The Morgan fingerprint density at radius 3 is 2.68 bits per heavy atom. The molecule has 3 heterocycles. The van der Waals surface area contributed by atoms with Crippen LogP contribution < -0.4 is 5.32 Å². The van der Waals surface area contributed by atoms with Gasteiger partial charge in [-0.25, -0.2) is 9.97 Å². The topological polar surface area (TPSA) is 80.9 Å². The summed E-state index contributed by atoms with van der Waals surface area (Å²) >= 11 is 8.89. The largest absolute Gasteiger partial charge is 0.361 e. The molecule has 0 saturated heterocycles. The maximum absolute atomic E-state index is 13.0. The number of benzene rings is 1. The van der Waals surface area contributed by atoms with E-state index in [1.165, 1.54) is 23.1 Å². The van der Waals surface area contributed by atoms with Crippen LogP contribution in [0.15, 0.2) is 52.1 Å². The van der Waals surface area contributed by atoms with Gasteiger partial charge in [0.05, 0.1) is 17.0 Å². The first-order valence-electron chi connectivity index (χ1n) is 9.46. The fourth-order valence-corrected chi connectivity index (χ4v) is 5.12. The lowest BCUT2D eigenvalue weighted by molar-refractivity contribution is 0.102. The van der Waals surface area contributed by atoms with E-state index in [9.17, 15) is 4.79 Å². The second kappa shape index (κ2) is 9.21. The smallest absolute Gasteiger partial charge is 0.260 e. The number of rotatable bonds is 6. The van der Waals surface area contributed by atoms with Crippen molar-refractivity contribution in [3.05, 3.63) is 75.1 Å². The number of thioether (sulfide) groups is 1. The van der Waals surface area contributed by atoms with Gasteiger partial charge in [0, 0.05) is 33.0 Å². The van der Waals surface area contributed by atoms with E-state index in [0.29, 0.717) is 26.5 Å². The van der Waals surface area contributed by atoms with Crippen molar-refractivity contribution in [2.45, 2.75) is 31.6 Å². The van der Waals surface area contributed by atoms with E-state index in [-0.39, 0.29) is 5.91 Å². The van der Waals surface area contributed by atoms with Crippen LogP contribution in [0.3, 0.4) is 0 Å². The van der Waals surface area contributed by atoms with Crippen LogP contribution in [-0.4, -0.2) is 21.0 Å². The number of aryl methyl sites for hydroxylation is 3. The van der Waals surface area contributed by atoms with Crippen molar-refractivity contribution in [3.8, 4) is 11.3 Å². The highest BCUT2D eigenvalue weighted by Crippen LogP contribution is 2.32. The first-order chi connectivity index (χ1) is 14.9. The van der Waals surface area contributed by atoms with Crippen molar-refractivity contribution in [2.24, 2.45) is 0 Å². The van der Waals surface area contributed by atoms with Crippen LogP contribution in [-0.2, 0) is 5.75 Å². The third-order valence-electron chi connectivity index (χ3n) is 4.68. The van der Waals surface area contributed by atoms with Crippen LogP contribution in [0.5, 0.6) is 0 Å². The van der Waals surface area contributed by atoms with Gasteiger partial charge in [-0.05, 0) is 45.0 Å². The van der Waals surface area contributed by atoms with Crippen molar-refractivity contribution < 1.29 is 9.32 Å². The predicted octanol–water partition coefficient (Wildman–Crippen LogP) is 6.32. The zero-order chi connectivity index (χ0) is 22.0. The van der Waals surface area contributed by atoms with E-state index in [1.807, 2.05) is 45.0 Å². The normalized spacial score (nSPS) is 11.0. The molecule has 0 radical (unpaired) electrons. The Bertz CT molecular complexity index is 1220. The van der Waals surface area contributed by atoms with Crippen molar-refractivity contribution in [1.82, 2.24) is 15.1 Å². The molecule has 0 aliphatic rings. The molecule has 0 spiro atoms. The summed E-state index contributed by atoms with van der Waals surface area (Å²) in [4.78, 5) is 23.0. The summed E-state index contributed by atoms with van der Waals surface area (Å²) in [5.74, 6) is 1.15. The third kappa shape index (κ3) is 4.81. The lowest BCUT2D eigenvalue weighted by atomic mass is 10.1. The van der Waals surface area contributed by atoms with Crippen LogP contribution in [0.25, 0.3) is 11.3 Å². The quantitative estimate of drug-likeness (QED) is 0.332. The lowest BCUT2D eigenvalue weighted by Crippen LogP contribution is -2.13. The number of aromatic nitrogens is 3. The summed E-state index contributed by atoms with van der Waals surface area (Å²) in [5, 5.41) is 8.75. The van der Waals surface area contributed by atoms with Crippen LogP contribution in [0, 0.1) is 20.8 Å². The van der Waals surface area contributed by atoms with E-state index < -0.39 is 0 Å². The molecule has 1 amide bonds. The summed E-state index contributed by atoms with van der Waals surface area (Å²) < 4.78 is 5.22. The SMILES string of the molecule is Cc1noc(C)c1CSc1ncccc1C(=O)Nc1nc(-c2ccc(Cl)cc2)c(C)s1. The minimum atomic E-state index is -0.245. The minimum absolute atomic E-state index is 0.245. The Hall–Kier alpha value is -2.68. The average molecular weight is 471 g/mol. The van der Waals surface area contributed by atoms with Gasteiger partial charge in [0.1, 0.15) is 10.8 Å². The van der Waals surface area contributed by atoms with E-state index >= 15 is 0 Å². The second-order valence-corrected chi connectivity index (χ2v) is 9.44. The summed E-state index contributed by atoms with van der Waals surface area (Å²) in [5.41, 5.74) is 4.15. The zero-order valence-corrected chi connectivity index (χ0v) is 19.5. The molecule has 0 aliphatic carbocycles. The van der Waals surface area contributed by atoms with E-state index in [4.69, 9.17) is 16.1 Å². The molecule has 0 bridgehead atoms.